The number of nitro groups is 1. The molecule has 0 radical (unpaired) electrons. The standard InChI is InChI=1S/C18H20N4O4/c1-12-6-7-17(20-19-12)26-14-8-10-21(11-9-14)18(23)15-4-3-5-16(13(15)2)22(24)25/h3-7,14H,8-11H2,1-2H3. The highest BCUT2D eigenvalue weighted by Gasteiger charge is 2.27. The molecule has 136 valence electrons. The summed E-state index contributed by atoms with van der Waals surface area (Å²) < 4.78 is 5.82. The van der Waals surface area contributed by atoms with Gasteiger partial charge in [-0.1, -0.05) is 6.07 Å². The van der Waals surface area contributed by atoms with E-state index in [-0.39, 0.29) is 17.7 Å². The fourth-order valence-electron chi connectivity index (χ4n) is 3.02. The number of carbonyl (C=O) groups is 1. The van der Waals surface area contributed by atoms with Gasteiger partial charge in [0, 0.05) is 49.2 Å². The molecule has 2 heterocycles. The van der Waals surface area contributed by atoms with E-state index in [0.29, 0.717) is 42.9 Å². The van der Waals surface area contributed by atoms with Crippen LogP contribution in [-0.4, -0.2) is 45.1 Å². The molecule has 1 fully saturated rings. The number of nitrogens with zero attached hydrogens (tertiary/aromatic N) is 4. The van der Waals surface area contributed by atoms with Crippen LogP contribution >= 0.6 is 0 Å². The van der Waals surface area contributed by atoms with Crippen LogP contribution in [0.3, 0.4) is 0 Å². The quantitative estimate of drug-likeness (QED) is 0.617. The molecule has 0 aliphatic carbocycles. The van der Waals surface area contributed by atoms with E-state index in [0.717, 1.165) is 5.69 Å². The molecule has 0 saturated carbocycles. The Morgan fingerprint density at radius 1 is 1.19 bits per heavy atom. The largest absolute Gasteiger partial charge is 0.473 e. The van der Waals surface area contributed by atoms with Crippen LogP contribution in [0.5, 0.6) is 5.88 Å². The molecule has 0 spiro atoms. The molecular formula is C18H20N4O4. The number of ether oxygens (including phenoxy) is 1. The minimum atomic E-state index is -0.463. The van der Waals surface area contributed by atoms with Crippen LogP contribution in [0.2, 0.25) is 0 Å². The van der Waals surface area contributed by atoms with Crippen LogP contribution in [-0.2, 0) is 0 Å². The van der Waals surface area contributed by atoms with E-state index < -0.39 is 4.92 Å². The molecule has 0 atom stereocenters. The predicted molar refractivity (Wildman–Crippen MR) is 94.2 cm³/mol. The fraction of sp³-hybridized carbons (Fsp3) is 0.389. The van der Waals surface area contributed by atoms with Crippen molar-refractivity contribution in [1.82, 2.24) is 15.1 Å². The van der Waals surface area contributed by atoms with Gasteiger partial charge in [-0.2, -0.15) is 5.10 Å². The lowest BCUT2D eigenvalue weighted by atomic mass is 10.0. The summed E-state index contributed by atoms with van der Waals surface area (Å²) in [6, 6.07) is 8.21. The highest BCUT2D eigenvalue weighted by Crippen LogP contribution is 2.24. The van der Waals surface area contributed by atoms with Gasteiger partial charge in [-0.15, -0.1) is 5.10 Å². The maximum absolute atomic E-state index is 12.7. The van der Waals surface area contributed by atoms with E-state index in [1.807, 2.05) is 13.0 Å². The summed E-state index contributed by atoms with van der Waals surface area (Å²) >= 11 is 0. The smallest absolute Gasteiger partial charge is 0.273 e. The topological polar surface area (TPSA) is 98.5 Å². The van der Waals surface area contributed by atoms with Gasteiger partial charge in [0.05, 0.1) is 10.6 Å². The third-order valence-corrected chi connectivity index (χ3v) is 4.52. The number of rotatable bonds is 4. The number of aromatic nitrogens is 2. The van der Waals surface area contributed by atoms with Crippen molar-refractivity contribution in [3.05, 3.63) is 57.3 Å². The van der Waals surface area contributed by atoms with Crippen LogP contribution in [0.15, 0.2) is 30.3 Å². The zero-order chi connectivity index (χ0) is 18.7. The number of aryl methyl sites for hydroxylation is 1. The maximum Gasteiger partial charge on any atom is 0.273 e. The average molecular weight is 356 g/mol. The summed E-state index contributed by atoms with van der Waals surface area (Å²) in [4.78, 5) is 25.1. The molecule has 0 unspecified atom stereocenters. The second-order valence-corrected chi connectivity index (χ2v) is 6.33. The average Bonchev–Trinajstić information content (AvgIpc) is 2.64. The van der Waals surface area contributed by atoms with Gasteiger partial charge in [0.15, 0.2) is 0 Å². The minimum Gasteiger partial charge on any atom is -0.473 e. The Hall–Kier alpha value is -3.03. The molecule has 1 amide bonds. The van der Waals surface area contributed by atoms with Gasteiger partial charge < -0.3 is 9.64 Å². The molecule has 1 aromatic heterocycles. The van der Waals surface area contributed by atoms with Crippen LogP contribution < -0.4 is 4.74 Å². The highest BCUT2D eigenvalue weighted by atomic mass is 16.6. The van der Waals surface area contributed by atoms with Gasteiger partial charge in [-0.3, -0.25) is 14.9 Å². The molecule has 2 aromatic rings. The molecule has 1 aromatic carbocycles. The third-order valence-electron chi connectivity index (χ3n) is 4.52. The first kappa shape index (κ1) is 17.8. The van der Waals surface area contributed by atoms with E-state index in [1.54, 1.807) is 30.0 Å². The first-order valence-electron chi connectivity index (χ1n) is 8.46. The van der Waals surface area contributed by atoms with Gasteiger partial charge in [0.2, 0.25) is 5.88 Å². The number of nitro benzene ring substituents is 1. The third kappa shape index (κ3) is 3.79. The lowest BCUT2D eigenvalue weighted by Crippen LogP contribution is -2.42. The Morgan fingerprint density at radius 3 is 2.54 bits per heavy atom. The molecule has 8 heteroatoms. The van der Waals surface area contributed by atoms with Crippen molar-refractivity contribution in [3.8, 4) is 5.88 Å². The Kier molecular flexibility index (Phi) is 5.11. The zero-order valence-electron chi connectivity index (χ0n) is 14.7. The first-order valence-corrected chi connectivity index (χ1v) is 8.46. The molecule has 0 N–H and O–H groups in total. The van der Waals surface area contributed by atoms with Gasteiger partial charge in [0.1, 0.15) is 6.10 Å². The van der Waals surface area contributed by atoms with Crippen molar-refractivity contribution in [2.45, 2.75) is 32.8 Å². The summed E-state index contributed by atoms with van der Waals surface area (Å²) in [7, 11) is 0. The number of piperidine rings is 1. The Balaban J connectivity index is 1.63. The number of likely N-dealkylation sites (tertiary alicyclic amines) is 1. The Labute approximate surface area is 150 Å². The fourth-order valence-corrected chi connectivity index (χ4v) is 3.02. The van der Waals surface area contributed by atoms with Crippen molar-refractivity contribution in [2.75, 3.05) is 13.1 Å². The molecule has 0 bridgehead atoms. The number of hydrogen-bond acceptors (Lipinski definition) is 6. The van der Waals surface area contributed by atoms with E-state index in [1.165, 1.54) is 6.07 Å². The van der Waals surface area contributed by atoms with E-state index in [4.69, 9.17) is 4.74 Å². The predicted octanol–water partition coefficient (Wildman–Crippen LogP) is 2.69. The maximum atomic E-state index is 12.7. The van der Waals surface area contributed by atoms with Gasteiger partial charge in [-0.05, 0) is 26.0 Å². The lowest BCUT2D eigenvalue weighted by molar-refractivity contribution is -0.385. The van der Waals surface area contributed by atoms with Crippen LogP contribution in [0.1, 0.15) is 34.5 Å². The number of amides is 1. The van der Waals surface area contributed by atoms with E-state index in [9.17, 15) is 14.9 Å². The SMILES string of the molecule is Cc1ccc(OC2CCN(C(=O)c3cccc([N+](=O)[O-])c3C)CC2)nn1. The van der Waals surface area contributed by atoms with E-state index >= 15 is 0 Å². The number of carbonyl (C=O) groups excluding carboxylic acids is 1. The second-order valence-electron chi connectivity index (χ2n) is 6.33. The summed E-state index contributed by atoms with van der Waals surface area (Å²) in [5.74, 6) is 0.301. The first-order chi connectivity index (χ1) is 12.5. The minimum absolute atomic E-state index is 0.0257. The molecule has 8 nitrogen and oxygen atoms in total. The second kappa shape index (κ2) is 7.47. The van der Waals surface area contributed by atoms with Crippen molar-refractivity contribution in [3.63, 3.8) is 0 Å². The molecule has 1 aliphatic heterocycles. The molecule has 1 saturated heterocycles. The summed E-state index contributed by atoms with van der Waals surface area (Å²) in [5, 5.41) is 19.0. The van der Waals surface area contributed by atoms with Crippen molar-refractivity contribution in [2.24, 2.45) is 0 Å². The van der Waals surface area contributed by atoms with Crippen molar-refractivity contribution >= 4 is 11.6 Å². The lowest BCUT2D eigenvalue weighted by Gasteiger charge is -2.32. The normalized spacial score (nSPS) is 14.9. The van der Waals surface area contributed by atoms with E-state index in [2.05, 4.69) is 10.2 Å². The Morgan fingerprint density at radius 2 is 1.92 bits per heavy atom. The molecule has 1 aliphatic rings. The van der Waals surface area contributed by atoms with Gasteiger partial charge in [0.25, 0.3) is 11.6 Å². The monoisotopic (exact) mass is 356 g/mol. The van der Waals surface area contributed by atoms with Crippen LogP contribution in [0.25, 0.3) is 0 Å². The van der Waals surface area contributed by atoms with Crippen LogP contribution in [0, 0.1) is 24.0 Å². The van der Waals surface area contributed by atoms with Crippen molar-refractivity contribution < 1.29 is 14.5 Å². The highest BCUT2D eigenvalue weighted by molar-refractivity contribution is 5.96. The van der Waals surface area contributed by atoms with Crippen LogP contribution in [0.4, 0.5) is 5.69 Å². The molecule has 26 heavy (non-hydrogen) atoms. The van der Waals surface area contributed by atoms with Gasteiger partial charge >= 0.3 is 0 Å². The summed E-state index contributed by atoms with van der Waals surface area (Å²) in [6.45, 7) is 4.53. The van der Waals surface area contributed by atoms with Gasteiger partial charge in [-0.25, -0.2) is 0 Å². The molecular weight excluding hydrogens is 336 g/mol. The van der Waals surface area contributed by atoms with Crippen molar-refractivity contribution in [1.29, 1.82) is 0 Å². The summed E-state index contributed by atoms with van der Waals surface area (Å²) in [5.41, 5.74) is 1.57. The molecule has 3 rings (SSSR count). The summed E-state index contributed by atoms with van der Waals surface area (Å²) in [6.07, 6.45) is 1.33. The number of benzene rings is 1. The Bertz CT molecular complexity index is 814. The number of hydrogen-bond donors (Lipinski definition) is 0. The zero-order valence-corrected chi connectivity index (χ0v) is 14.7.